The van der Waals surface area contributed by atoms with Gasteiger partial charge < -0.3 is 19.2 Å². The average molecular weight is 551 g/mol. The molecule has 1 unspecified atom stereocenters. The van der Waals surface area contributed by atoms with Crippen LogP contribution in [0.2, 0.25) is 5.02 Å². The third kappa shape index (κ3) is 4.71. The van der Waals surface area contributed by atoms with Crippen LogP contribution in [-0.2, 0) is 17.9 Å². The molecule has 1 saturated carbocycles. The maximum Gasteiger partial charge on any atom is 0.311 e. The van der Waals surface area contributed by atoms with Gasteiger partial charge in [-0.15, -0.1) is 5.10 Å². The van der Waals surface area contributed by atoms with E-state index in [1.54, 1.807) is 6.20 Å². The summed E-state index contributed by atoms with van der Waals surface area (Å²) in [5, 5.41) is 20.4. The van der Waals surface area contributed by atoms with Crippen molar-refractivity contribution in [3.63, 3.8) is 0 Å². The highest BCUT2D eigenvalue weighted by Crippen LogP contribution is 2.41. The fraction of sp³-hybridized carbons (Fsp3) is 0.308. The molecule has 0 aromatic carbocycles. The molecule has 1 aliphatic rings. The number of hydrogen-bond donors (Lipinski definition) is 2. The molecule has 39 heavy (non-hydrogen) atoms. The SMILES string of the molecule is CCC(C(=O)O)c1cc(C2CC2)cn2cc(Cn3cc(C(=O)NCc4ncn5ccc(Cl)c(F)c45)nn3)nc12. The minimum atomic E-state index is -0.877. The van der Waals surface area contributed by atoms with E-state index in [4.69, 9.17) is 16.6 Å². The van der Waals surface area contributed by atoms with E-state index in [2.05, 4.69) is 20.6 Å². The smallest absolute Gasteiger partial charge is 0.311 e. The molecule has 5 aromatic rings. The lowest BCUT2D eigenvalue weighted by Gasteiger charge is -2.13. The molecule has 13 heteroatoms. The predicted molar refractivity (Wildman–Crippen MR) is 138 cm³/mol. The first-order valence-electron chi connectivity index (χ1n) is 12.5. The number of carbonyl (C=O) groups is 2. The molecule has 1 fully saturated rings. The van der Waals surface area contributed by atoms with Gasteiger partial charge in [0.2, 0.25) is 0 Å². The van der Waals surface area contributed by atoms with Crippen LogP contribution < -0.4 is 5.32 Å². The first-order chi connectivity index (χ1) is 18.8. The van der Waals surface area contributed by atoms with Gasteiger partial charge in [0.15, 0.2) is 11.5 Å². The molecule has 6 rings (SSSR count). The Labute approximate surface area is 226 Å². The van der Waals surface area contributed by atoms with Crippen LogP contribution in [0.3, 0.4) is 0 Å². The molecule has 1 aliphatic carbocycles. The highest BCUT2D eigenvalue weighted by Gasteiger charge is 2.28. The third-order valence-electron chi connectivity index (χ3n) is 6.96. The van der Waals surface area contributed by atoms with Crippen molar-refractivity contribution in [2.24, 2.45) is 0 Å². The highest BCUT2D eigenvalue weighted by molar-refractivity contribution is 6.31. The molecular formula is C26H24ClFN8O3. The van der Waals surface area contributed by atoms with E-state index in [-0.39, 0.29) is 29.3 Å². The number of nitrogens with zero attached hydrogens (tertiary/aromatic N) is 7. The first-order valence-corrected chi connectivity index (χ1v) is 12.9. The third-order valence-corrected chi connectivity index (χ3v) is 7.25. The van der Waals surface area contributed by atoms with Crippen LogP contribution in [0, 0.1) is 5.82 Å². The standard InChI is InChI=1S/C26H24ClFN8O3/c1-2-17(26(38)39)18-7-15(14-3-4-14)9-35-10-16(31-24(18)35)11-36-12-21(32-33-36)25(37)29-8-20-23-22(28)19(27)5-6-34(23)13-30-20/h5-7,9-10,12-14,17H,2-4,8,11H2,1H3,(H,29,37)(H,38,39). The summed E-state index contributed by atoms with van der Waals surface area (Å²) in [6.45, 7) is 2.06. The predicted octanol–water partition coefficient (Wildman–Crippen LogP) is 3.80. The van der Waals surface area contributed by atoms with Crippen molar-refractivity contribution in [3.8, 4) is 0 Å². The fourth-order valence-electron chi connectivity index (χ4n) is 4.81. The van der Waals surface area contributed by atoms with Crippen LogP contribution in [0.5, 0.6) is 0 Å². The Bertz CT molecular complexity index is 1740. The Morgan fingerprint density at radius 3 is 2.82 bits per heavy atom. The maximum atomic E-state index is 14.5. The van der Waals surface area contributed by atoms with Gasteiger partial charge in [-0.25, -0.2) is 19.0 Å². The first kappa shape index (κ1) is 25.0. The van der Waals surface area contributed by atoms with Gasteiger partial charge in [-0.1, -0.05) is 23.7 Å². The van der Waals surface area contributed by atoms with Crippen LogP contribution >= 0.6 is 11.6 Å². The van der Waals surface area contributed by atoms with Crippen LogP contribution in [-0.4, -0.2) is 50.7 Å². The van der Waals surface area contributed by atoms with Gasteiger partial charge in [-0.2, -0.15) is 0 Å². The number of rotatable bonds is 9. The number of hydrogen-bond acceptors (Lipinski definition) is 6. The van der Waals surface area contributed by atoms with Crippen molar-refractivity contribution in [1.29, 1.82) is 0 Å². The lowest BCUT2D eigenvalue weighted by molar-refractivity contribution is -0.138. The van der Waals surface area contributed by atoms with Crippen molar-refractivity contribution < 1.29 is 19.1 Å². The number of nitrogens with one attached hydrogen (secondary N) is 1. The van der Waals surface area contributed by atoms with Crippen LogP contribution in [0.15, 0.2) is 43.2 Å². The molecule has 11 nitrogen and oxygen atoms in total. The number of amides is 1. The molecule has 0 spiro atoms. The second kappa shape index (κ2) is 9.77. The summed E-state index contributed by atoms with van der Waals surface area (Å²) in [5.41, 5.74) is 3.66. The summed E-state index contributed by atoms with van der Waals surface area (Å²) < 4.78 is 19.3. The number of carboxylic acid groups (broad SMARTS) is 1. The molecule has 5 aromatic heterocycles. The van der Waals surface area contributed by atoms with Crippen molar-refractivity contribution in [2.45, 2.75) is 51.1 Å². The van der Waals surface area contributed by atoms with Crippen LogP contribution in [0.25, 0.3) is 11.2 Å². The summed E-state index contributed by atoms with van der Waals surface area (Å²) >= 11 is 5.88. The topological polar surface area (TPSA) is 132 Å². The zero-order valence-corrected chi connectivity index (χ0v) is 21.6. The van der Waals surface area contributed by atoms with E-state index < -0.39 is 23.6 Å². The van der Waals surface area contributed by atoms with E-state index in [1.807, 2.05) is 29.8 Å². The molecule has 0 saturated heterocycles. The molecule has 1 amide bonds. The molecule has 0 aliphatic heterocycles. The minimum Gasteiger partial charge on any atom is -0.481 e. The molecule has 200 valence electrons. The molecule has 0 radical (unpaired) electrons. The van der Waals surface area contributed by atoms with Gasteiger partial charge in [-0.3, -0.25) is 9.59 Å². The van der Waals surface area contributed by atoms with Gasteiger partial charge in [0, 0.05) is 24.2 Å². The zero-order valence-electron chi connectivity index (χ0n) is 20.9. The molecular weight excluding hydrogens is 527 g/mol. The van der Waals surface area contributed by atoms with Crippen LogP contribution in [0.1, 0.15) is 71.0 Å². The highest BCUT2D eigenvalue weighted by atomic mass is 35.5. The van der Waals surface area contributed by atoms with Gasteiger partial charge in [0.05, 0.1) is 47.9 Å². The number of carbonyl (C=O) groups excluding carboxylic acids is 1. The monoisotopic (exact) mass is 550 g/mol. The van der Waals surface area contributed by atoms with E-state index >= 15 is 0 Å². The lowest BCUT2D eigenvalue weighted by atomic mass is 9.95. The molecule has 5 heterocycles. The number of aliphatic carboxylic acids is 1. The number of halogens is 2. The number of fused-ring (bicyclic) bond motifs is 2. The van der Waals surface area contributed by atoms with Gasteiger partial charge in [0.25, 0.3) is 5.91 Å². The molecule has 1 atom stereocenters. The van der Waals surface area contributed by atoms with Crippen molar-refractivity contribution >= 4 is 34.6 Å². The Morgan fingerprint density at radius 1 is 1.26 bits per heavy atom. The number of carboxylic acids is 1. The van der Waals surface area contributed by atoms with E-state index in [1.165, 1.54) is 27.7 Å². The zero-order chi connectivity index (χ0) is 27.3. The molecule has 2 N–H and O–H groups in total. The molecule has 0 bridgehead atoms. The van der Waals surface area contributed by atoms with E-state index in [0.717, 1.165) is 18.4 Å². The van der Waals surface area contributed by atoms with Crippen molar-refractivity contribution in [1.82, 2.24) is 39.1 Å². The quantitative estimate of drug-likeness (QED) is 0.285. The summed E-state index contributed by atoms with van der Waals surface area (Å²) in [7, 11) is 0. The largest absolute Gasteiger partial charge is 0.481 e. The lowest BCUT2D eigenvalue weighted by Crippen LogP contribution is -2.23. The van der Waals surface area contributed by atoms with Gasteiger partial charge in [0.1, 0.15) is 11.2 Å². The summed E-state index contributed by atoms with van der Waals surface area (Å²) in [5.74, 6) is -2.18. The Morgan fingerprint density at radius 2 is 2.08 bits per heavy atom. The second-order valence-corrected chi connectivity index (χ2v) is 10.1. The Balaban J connectivity index is 1.20. The fourth-order valence-corrected chi connectivity index (χ4v) is 4.96. The average Bonchev–Trinajstić information content (AvgIpc) is 3.31. The number of imidazole rings is 2. The van der Waals surface area contributed by atoms with Gasteiger partial charge >= 0.3 is 5.97 Å². The number of pyridine rings is 2. The summed E-state index contributed by atoms with van der Waals surface area (Å²) in [6, 6.07) is 3.41. The summed E-state index contributed by atoms with van der Waals surface area (Å²) in [6.07, 6.45) is 11.0. The Kier molecular flexibility index (Phi) is 6.26. The maximum absolute atomic E-state index is 14.5. The summed E-state index contributed by atoms with van der Waals surface area (Å²) in [4.78, 5) is 33.5. The minimum absolute atomic E-state index is 0.0276. The van der Waals surface area contributed by atoms with E-state index in [0.29, 0.717) is 34.9 Å². The Hall–Kier alpha value is -4.32. The normalized spacial score (nSPS) is 14.2. The van der Waals surface area contributed by atoms with Gasteiger partial charge in [-0.05, 0) is 42.9 Å². The van der Waals surface area contributed by atoms with Crippen molar-refractivity contribution in [2.75, 3.05) is 0 Å². The second-order valence-electron chi connectivity index (χ2n) is 9.67. The number of aromatic nitrogens is 7. The van der Waals surface area contributed by atoms with E-state index in [9.17, 15) is 19.1 Å². The van der Waals surface area contributed by atoms with Crippen molar-refractivity contribution in [3.05, 3.63) is 82.3 Å². The van der Waals surface area contributed by atoms with Crippen LogP contribution in [0.4, 0.5) is 4.39 Å².